The van der Waals surface area contributed by atoms with Crippen LogP contribution in [-0.2, 0) is 16.0 Å². The summed E-state index contributed by atoms with van der Waals surface area (Å²) in [6, 6.07) is 20.9. The third kappa shape index (κ3) is 3.26. The Kier molecular flexibility index (Phi) is 4.97. The zero-order chi connectivity index (χ0) is 20.7. The van der Waals surface area contributed by atoms with Crippen LogP contribution >= 0.6 is 15.9 Å². The molecule has 4 atom stereocenters. The molecule has 5 rings (SSSR count). The first kappa shape index (κ1) is 19.2. The molecule has 5 nitrogen and oxygen atoms in total. The highest BCUT2D eigenvalue weighted by atomic mass is 79.9. The van der Waals surface area contributed by atoms with Gasteiger partial charge in [-0.2, -0.15) is 0 Å². The van der Waals surface area contributed by atoms with Gasteiger partial charge >= 0.3 is 0 Å². The Balaban J connectivity index is 1.53. The highest BCUT2D eigenvalue weighted by molar-refractivity contribution is 9.10. The Bertz CT molecular complexity index is 1070. The number of hydrogen-bond acceptors (Lipinski definition) is 4. The van der Waals surface area contributed by atoms with E-state index in [4.69, 9.17) is 0 Å². The molecule has 1 aromatic heterocycles. The second kappa shape index (κ2) is 7.78. The van der Waals surface area contributed by atoms with Gasteiger partial charge in [-0.05, 0) is 47.9 Å². The maximum atomic E-state index is 13.5. The number of imide groups is 1. The molecule has 3 aromatic rings. The Hall–Kier alpha value is -2.83. The lowest BCUT2D eigenvalue weighted by Gasteiger charge is -2.22. The molecule has 150 valence electrons. The SMILES string of the molecule is O=C1[C@H]2[C@H](C(=O)N1c1ccc(Br)cc1)[C@@H](c1cccnc1)N[C@H]2Cc1ccccc1. The number of hydrogen-bond donors (Lipinski definition) is 1. The predicted molar refractivity (Wildman–Crippen MR) is 118 cm³/mol. The van der Waals surface area contributed by atoms with E-state index in [0.29, 0.717) is 12.1 Å². The van der Waals surface area contributed by atoms with Gasteiger partial charge in [0.15, 0.2) is 0 Å². The summed E-state index contributed by atoms with van der Waals surface area (Å²) in [6.07, 6.45) is 4.18. The van der Waals surface area contributed by atoms with E-state index in [2.05, 4.69) is 38.4 Å². The molecule has 0 unspecified atom stereocenters. The Labute approximate surface area is 183 Å². The van der Waals surface area contributed by atoms with Crippen LogP contribution in [0.5, 0.6) is 0 Å². The summed E-state index contributed by atoms with van der Waals surface area (Å²) in [5.41, 5.74) is 2.69. The Morgan fingerprint density at radius 3 is 2.33 bits per heavy atom. The van der Waals surface area contributed by atoms with Crippen molar-refractivity contribution in [3.8, 4) is 0 Å². The largest absolute Gasteiger partial charge is 0.305 e. The normalized spacial score (nSPS) is 25.6. The molecule has 0 bridgehead atoms. The average Bonchev–Trinajstić information content (AvgIpc) is 3.27. The number of benzene rings is 2. The lowest BCUT2D eigenvalue weighted by Crippen LogP contribution is -2.40. The smallest absolute Gasteiger partial charge is 0.239 e. The van der Waals surface area contributed by atoms with Crippen molar-refractivity contribution in [3.63, 3.8) is 0 Å². The van der Waals surface area contributed by atoms with Crippen LogP contribution in [-0.4, -0.2) is 22.8 Å². The molecule has 2 fully saturated rings. The molecule has 0 aliphatic carbocycles. The third-order valence-electron chi connectivity index (χ3n) is 6.01. The minimum absolute atomic E-state index is 0.125. The number of carbonyl (C=O) groups excluding carboxylic acids is 2. The van der Waals surface area contributed by atoms with Gasteiger partial charge in [-0.15, -0.1) is 0 Å². The van der Waals surface area contributed by atoms with Crippen LogP contribution in [0.2, 0.25) is 0 Å². The van der Waals surface area contributed by atoms with E-state index < -0.39 is 11.8 Å². The van der Waals surface area contributed by atoms with Gasteiger partial charge in [0.1, 0.15) is 0 Å². The zero-order valence-corrected chi connectivity index (χ0v) is 17.7. The van der Waals surface area contributed by atoms with Crippen molar-refractivity contribution in [2.45, 2.75) is 18.5 Å². The van der Waals surface area contributed by atoms with E-state index in [1.807, 2.05) is 42.5 Å². The standard InChI is InChI=1S/C24H20BrN3O2/c25-17-8-10-18(11-9-17)28-23(29)20-19(13-15-5-2-1-3-6-15)27-22(21(20)24(28)30)16-7-4-12-26-14-16/h1-12,14,19-22,27H,13H2/t19-,20+,21-,22+/m0/s1. The quantitative estimate of drug-likeness (QED) is 0.598. The topological polar surface area (TPSA) is 62.3 Å². The van der Waals surface area contributed by atoms with Gasteiger partial charge in [0.05, 0.1) is 17.5 Å². The van der Waals surface area contributed by atoms with Gasteiger partial charge in [-0.25, -0.2) is 4.90 Å². The minimum atomic E-state index is -0.445. The van der Waals surface area contributed by atoms with Gasteiger partial charge in [0.2, 0.25) is 11.8 Å². The number of amides is 2. The fraction of sp³-hybridized carbons (Fsp3) is 0.208. The first-order valence-electron chi connectivity index (χ1n) is 9.97. The van der Waals surface area contributed by atoms with Crippen LogP contribution in [0.3, 0.4) is 0 Å². The second-order valence-corrected chi connectivity index (χ2v) is 8.68. The van der Waals surface area contributed by atoms with Crippen LogP contribution in [0.1, 0.15) is 17.2 Å². The molecule has 0 spiro atoms. The minimum Gasteiger partial charge on any atom is -0.305 e. The van der Waals surface area contributed by atoms with E-state index in [1.54, 1.807) is 24.5 Å². The number of nitrogens with zero attached hydrogens (tertiary/aromatic N) is 2. The van der Waals surface area contributed by atoms with Crippen molar-refractivity contribution < 1.29 is 9.59 Å². The average molecular weight is 462 g/mol. The van der Waals surface area contributed by atoms with Crippen molar-refractivity contribution in [1.29, 1.82) is 0 Å². The molecule has 1 N–H and O–H groups in total. The molecular weight excluding hydrogens is 442 g/mol. The third-order valence-corrected chi connectivity index (χ3v) is 6.54. The lowest BCUT2D eigenvalue weighted by molar-refractivity contribution is -0.123. The molecular formula is C24H20BrN3O2. The van der Waals surface area contributed by atoms with Crippen molar-refractivity contribution >= 4 is 33.4 Å². The number of anilines is 1. The molecule has 2 aliphatic heterocycles. The van der Waals surface area contributed by atoms with Crippen molar-refractivity contribution in [2.75, 3.05) is 4.90 Å². The van der Waals surface area contributed by atoms with E-state index >= 15 is 0 Å². The van der Waals surface area contributed by atoms with Crippen molar-refractivity contribution in [1.82, 2.24) is 10.3 Å². The van der Waals surface area contributed by atoms with Gasteiger partial charge in [0, 0.05) is 29.0 Å². The van der Waals surface area contributed by atoms with Crippen LogP contribution in [0.25, 0.3) is 0 Å². The summed E-state index contributed by atoms with van der Waals surface area (Å²) in [6.45, 7) is 0. The molecule has 6 heteroatoms. The van der Waals surface area contributed by atoms with Crippen LogP contribution < -0.4 is 10.2 Å². The van der Waals surface area contributed by atoms with Gasteiger partial charge in [-0.3, -0.25) is 14.6 Å². The van der Waals surface area contributed by atoms with Gasteiger partial charge in [-0.1, -0.05) is 52.3 Å². The number of nitrogens with one attached hydrogen (secondary N) is 1. The molecule has 0 saturated carbocycles. The summed E-state index contributed by atoms with van der Waals surface area (Å²) in [4.78, 5) is 32.6. The molecule has 30 heavy (non-hydrogen) atoms. The van der Waals surface area contributed by atoms with E-state index in [0.717, 1.165) is 15.6 Å². The summed E-state index contributed by atoms with van der Waals surface area (Å²) in [5.74, 6) is -1.14. The Morgan fingerprint density at radius 1 is 0.900 bits per heavy atom. The highest BCUT2D eigenvalue weighted by Crippen LogP contribution is 2.45. The monoisotopic (exact) mass is 461 g/mol. The molecule has 2 aromatic carbocycles. The number of halogens is 1. The predicted octanol–water partition coefficient (Wildman–Crippen LogP) is 3.91. The summed E-state index contributed by atoms with van der Waals surface area (Å²) >= 11 is 3.41. The second-order valence-electron chi connectivity index (χ2n) is 7.77. The molecule has 0 radical (unpaired) electrons. The molecule has 2 saturated heterocycles. The van der Waals surface area contributed by atoms with Crippen molar-refractivity contribution in [2.24, 2.45) is 11.8 Å². The van der Waals surface area contributed by atoms with Crippen LogP contribution in [0.4, 0.5) is 5.69 Å². The Morgan fingerprint density at radius 2 is 1.63 bits per heavy atom. The number of pyridine rings is 1. The molecule has 3 heterocycles. The van der Waals surface area contributed by atoms with E-state index in [1.165, 1.54) is 4.90 Å². The van der Waals surface area contributed by atoms with Gasteiger partial charge in [0.25, 0.3) is 0 Å². The summed E-state index contributed by atoms with van der Waals surface area (Å²) < 4.78 is 0.905. The summed E-state index contributed by atoms with van der Waals surface area (Å²) in [5, 5.41) is 3.58. The maximum absolute atomic E-state index is 13.5. The molecule has 2 aliphatic rings. The summed E-state index contributed by atoms with van der Waals surface area (Å²) in [7, 11) is 0. The van der Waals surface area contributed by atoms with Crippen LogP contribution in [0.15, 0.2) is 83.6 Å². The number of aromatic nitrogens is 1. The maximum Gasteiger partial charge on any atom is 0.239 e. The zero-order valence-electron chi connectivity index (χ0n) is 16.1. The highest BCUT2D eigenvalue weighted by Gasteiger charge is 2.59. The first-order chi connectivity index (χ1) is 14.6. The number of fused-ring (bicyclic) bond motifs is 1. The van der Waals surface area contributed by atoms with Crippen LogP contribution in [0, 0.1) is 11.8 Å². The fourth-order valence-electron chi connectivity index (χ4n) is 4.69. The number of rotatable bonds is 4. The lowest BCUT2D eigenvalue weighted by atomic mass is 9.85. The first-order valence-corrected chi connectivity index (χ1v) is 10.8. The fourth-order valence-corrected chi connectivity index (χ4v) is 4.95. The van der Waals surface area contributed by atoms with E-state index in [-0.39, 0.29) is 23.9 Å². The van der Waals surface area contributed by atoms with E-state index in [9.17, 15) is 9.59 Å². The number of carbonyl (C=O) groups is 2. The molecule has 2 amide bonds. The van der Waals surface area contributed by atoms with Crippen molar-refractivity contribution in [3.05, 3.63) is 94.7 Å². The van der Waals surface area contributed by atoms with Gasteiger partial charge < -0.3 is 5.32 Å².